The van der Waals surface area contributed by atoms with E-state index in [2.05, 4.69) is 20.3 Å². The van der Waals surface area contributed by atoms with Gasteiger partial charge < -0.3 is 17.2 Å². The second-order valence-corrected chi connectivity index (χ2v) is 5.29. The van der Waals surface area contributed by atoms with Gasteiger partial charge in [0.15, 0.2) is 11.6 Å². The van der Waals surface area contributed by atoms with Gasteiger partial charge in [-0.1, -0.05) is 18.2 Å². The SMILES string of the molecule is Cc1cc(N)nc(N)c1/N=N/c1c(C(N)=O)cnn1-c1ccccc1. The molecule has 0 saturated heterocycles. The third-order valence-electron chi connectivity index (χ3n) is 3.48. The Hall–Kier alpha value is -3.75. The van der Waals surface area contributed by atoms with E-state index in [0.717, 1.165) is 0 Å². The molecule has 126 valence electrons. The molecule has 0 saturated carbocycles. The summed E-state index contributed by atoms with van der Waals surface area (Å²) < 4.78 is 1.47. The smallest absolute Gasteiger partial charge is 0.254 e. The molecule has 0 aliphatic carbocycles. The maximum absolute atomic E-state index is 11.7. The van der Waals surface area contributed by atoms with Crippen LogP contribution in [-0.4, -0.2) is 20.7 Å². The summed E-state index contributed by atoms with van der Waals surface area (Å²) in [6, 6.07) is 10.8. The highest BCUT2D eigenvalue weighted by molar-refractivity contribution is 5.97. The summed E-state index contributed by atoms with van der Waals surface area (Å²) in [6.45, 7) is 1.78. The van der Waals surface area contributed by atoms with Gasteiger partial charge >= 0.3 is 0 Å². The van der Waals surface area contributed by atoms with Crippen LogP contribution >= 0.6 is 0 Å². The molecule has 1 amide bonds. The minimum absolute atomic E-state index is 0.146. The Kier molecular flexibility index (Phi) is 4.12. The quantitative estimate of drug-likeness (QED) is 0.624. The predicted molar refractivity (Wildman–Crippen MR) is 94.1 cm³/mol. The normalized spacial score (nSPS) is 11.1. The second kappa shape index (κ2) is 6.40. The number of para-hydroxylation sites is 1. The molecule has 3 rings (SSSR count). The Morgan fingerprint density at radius 3 is 2.52 bits per heavy atom. The molecule has 0 aliphatic heterocycles. The van der Waals surface area contributed by atoms with Crippen molar-refractivity contribution in [2.45, 2.75) is 6.92 Å². The molecular formula is C16H16N8O. The molecule has 0 fully saturated rings. The summed E-state index contributed by atoms with van der Waals surface area (Å²) in [5, 5.41) is 12.5. The summed E-state index contributed by atoms with van der Waals surface area (Å²) in [6.07, 6.45) is 1.35. The molecule has 9 heteroatoms. The van der Waals surface area contributed by atoms with E-state index in [0.29, 0.717) is 22.8 Å². The first-order valence-corrected chi connectivity index (χ1v) is 7.35. The number of nitrogens with zero attached hydrogens (tertiary/aromatic N) is 5. The van der Waals surface area contributed by atoms with Crippen molar-refractivity contribution in [2.75, 3.05) is 11.5 Å². The maximum atomic E-state index is 11.7. The minimum Gasteiger partial charge on any atom is -0.384 e. The number of aromatic nitrogens is 3. The van der Waals surface area contributed by atoms with Gasteiger partial charge in [0.05, 0.1) is 11.9 Å². The highest BCUT2D eigenvalue weighted by atomic mass is 16.1. The van der Waals surface area contributed by atoms with Gasteiger partial charge in [0.1, 0.15) is 17.1 Å². The standard InChI is InChI=1S/C16H16N8O/c1-9-7-12(17)21-14(18)13(9)22-23-16-11(15(19)25)8-20-24(16)10-5-3-2-4-6-10/h2-8H,1H3,(H2,19,25)(H4,17,18,21)/b23-22+. The van der Waals surface area contributed by atoms with Crippen LogP contribution in [0.3, 0.4) is 0 Å². The summed E-state index contributed by atoms with van der Waals surface area (Å²) in [7, 11) is 0. The number of rotatable bonds is 4. The Bertz CT molecular complexity index is 939. The molecule has 25 heavy (non-hydrogen) atoms. The molecule has 2 aromatic heterocycles. The van der Waals surface area contributed by atoms with Crippen LogP contribution in [0.4, 0.5) is 23.1 Å². The van der Waals surface area contributed by atoms with Crippen molar-refractivity contribution in [1.82, 2.24) is 14.8 Å². The molecule has 0 unspecified atom stereocenters. The third kappa shape index (κ3) is 3.15. The number of azo groups is 1. The van der Waals surface area contributed by atoms with Crippen LogP contribution < -0.4 is 17.2 Å². The highest BCUT2D eigenvalue weighted by Gasteiger charge is 2.17. The second-order valence-electron chi connectivity index (χ2n) is 5.29. The van der Waals surface area contributed by atoms with E-state index >= 15 is 0 Å². The number of amides is 1. The van der Waals surface area contributed by atoms with Crippen molar-refractivity contribution in [2.24, 2.45) is 16.0 Å². The van der Waals surface area contributed by atoms with E-state index < -0.39 is 5.91 Å². The topological polar surface area (TPSA) is 151 Å². The van der Waals surface area contributed by atoms with E-state index in [1.165, 1.54) is 10.9 Å². The van der Waals surface area contributed by atoms with Crippen LogP contribution in [0, 0.1) is 6.92 Å². The number of hydrogen-bond donors (Lipinski definition) is 3. The number of hydrogen-bond acceptors (Lipinski definition) is 7. The zero-order chi connectivity index (χ0) is 18.0. The van der Waals surface area contributed by atoms with Crippen LogP contribution in [0.5, 0.6) is 0 Å². The van der Waals surface area contributed by atoms with Crippen LogP contribution in [-0.2, 0) is 0 Å². The molecule has 3 aromatic rings. The largest absolute Gasteiger partial charge is 0.384 e. The van der Waals surface area contributed by atoms with Gasteiger partial charge in [-0.05, 0) is 30.7 Å². The number of carbonyl (C=O) groups excluding carboxylic acids is 1. The highest BCUT2D eigenvalue weighted by Crippen LogP contribution is 2.30. The molecule has 9 nitrogen and oxygen atoms in total. The molecule has 0 bridgehead atoms. The van der Waals surface area contributed by atoms with E-state index in [-0.39, 0.29) is 17.2 Å². The summed E-state index contributed by atoms with van der Waals surface area (Å²) in [5.74, 6) is -0.0145. The molecule has 0 aliphatic rings. The first kappa shape index (κ1) is 16.1. The van der Waals surface area contributed by atoms with Gasteiger partial charge in [0.2, 0.25) is 0 Å². The van der Waals surface area contributed by atoms with Gasteiger partial charge in [-0.15, -0.1) is 10.2 Å². The summed E-state index contributed by atoms with van der Waals surface area (Å²) in [4.78, 5) is 15.6. The van der Waals surface area contributed by atoms with Gasteiger partial charge in [0.25, 0.3) is 5.91 Å². The fraction of sp³-hybridized carbons (Fsp3) is 0.0625. The van der Waals surface area contributed by atoms with Crippen molar-refractivity contribution in [1.29, 1.82) is 0 Å². The summed E-state index contributed by atoms with van der Waals surface area (Å²) >= 11 is 0. The molecule has 1 aromatic carbocycles. The molecule has 6 N–H and O–H groups in total. The number of benzene rings is 1. The third-order valence-corrected chi connectivity index (χ3v) is 3.48. The lowest BCUT2D eigenvalue weighted by molar-refractivity contribution is 0.100. The van der Waals surface area contributed by atoms with E-state index in [4.69, 9.17) is 17.2 Å². The summed E-state index contributed by atoms with van der Waals surface area (Å²) in [5.41, 5.74) is 18.8. The molecule has 0 atom stereocenters. The van der Waals surface area contributed by atoms with Crippen molar-refractivity contribution in [3.63, 3.8) is 0 Å². The van der Waals surface area contributed by atoms with E-state index in [1.54, 1.807) is 13.0 Å². The van der Waals surface area contributed by atoms with Gasteiger partial charge in [-0.3, -0.25) is 4.79 Å². The van der Waals surface area contributed by atoms with E-state index in [1.807, 2.05) is 30.3 Å². The lowest BCUT2D eigenvalue weighted by Crippen LogP contribution is -2.10. The monoisotopic (exact) mass is 336 g/mol. The zero-order valence-electron chi connectivity index (χ0n) is 13.4. The molecular weight excluding hydrogens is 320 g/mol. The average Bonchev–Trinajstić information content (AvgIpc) is 2.99. The number of primary amides is 1. The maximum Gasteiger partial charge on any atom is 0.254 e. The predicted octanol–water partition coefficient (Wildman–Crippen LogP) is 2.25. The average molecular weight is 336 g/mol. The lowest BCUT2D eigenvalue weighted by atomic mass is 10.2. The molecule has 0 radical (unpaired) electrons. The van der Waals surface area contributed by atoms with Gasteiger partial charge in [0, 0.05) is 0 Å². The van der Waals surface area contributed by atoms with Crippen LogP contribution in [0.25, 0.3) is 5.69 Å². The fourth-order valence-corrected chi connectivity index (χ4v) is 2.31. The Balaban J connectivity index is 2.11. The minimum atomic E-state index is -0.656. The van der Waals surface area contributed by atoms with E-state index in [9.17, 15) is 4.79 Å². The van der Waals surface area contributed by atoms with Crippen LogP contribution in [0.2, 0.25) is 0 Å². The van der Waals surface area contributed by atoms with Crippen LogP contribution in [0.1, 0.15) is 15.9 Å². The zero-order valence-corrected chi connectivity index (χ0v) is 13.4. The van der Waals surface area contributed by atoms with Crippen molar-refractivity contribution >= 4 is 29.0 Å². The van der Waals surface area contributed by atoms with Crippen molar-refractivity contribution < 1.29 is 4.79 Å². The lowest BCUT2D eigenvalue weighted by Gasteiger charge is -2.06. The number of nitrogen functional groups attached to an aromatic ring is 2. The number of aryl methyl sites for hydroxylation is 1. The van der Waals surface area contributed by atoms with Crippen LogP contribution in [0.15, 0.2) is 52.8 Å². The Labute approximate surface area is 143 Å². The Morgan fingerprint density at radius 2 is 1.88 bits per heavy atom. The molecule has 2 heterocycles. The first-order chi connectivity index (χ1) is 12.0. The van der Waals surface area contributed by atoms with Gasteiger partial charge in [-0.2, -0.15) is 5.10 Å². The van der Waals surface area contributed by atoms with Crippen molar-refractivity contribution in [3.8, 4) is 5.69 Å². The number of pyridine rings is 1. The first-order valence-electron chi connectivity index (χ1n) is 7.35. The number of carbonyl (C=O) groups is 1. The number of nitrogens with two attached hydrogens (primary N) is 3. The van der Waals surface area contributed by atoms with Crippen molar-refractivity contribution in [3.05, 3.63) is 53.7 Å². The number of anilines is 2. The molecule has 0 spiro atoms. The van der Waals surface area contributed by atoms with Gasteiger partial charge in [-0.25, -0.2) is 9.67 Å². The Morgan fingerprint density at radius 1 is 1.16 bits per heavy atom. The fourth-order valence-electron chi connectivity index (χ4n) is 2.31.